The van der Waals surface area contributed by atoms with Gasteiger partial charge < -0.3 is 9.64 Å². The minimum absolute atomic E-state index is 0.0574. The van der Waals surface area contributed by atoms with Crippen LogP contribution in [-0.4, -0.2) is 54.1 Å². The van der Waals surface area contributed by atoms with Gasteiger partial charge in [0.25, 0.3) is 0 Å². The van der Waals surface area contributed by atoms with Gasteiger partial charge in [0.2, 0.25) is 5.91 Å². The topological polar surface area (TPSA) is 32.8 Å². The van der Waals surface area contributed by atoms with Crippen LogP contribution in [-0.2, 0) is 16.1 Å². The molecular formula is C19H28N2O2S. The van der Waals surface area contributed by atoms with Crippen molar-refractivity contribution < 1.29 is 9.53 Å². The minimum atomic E-state index is 0.0574. The first-order valence-electron chi connectivity index (χ1n) is 9.39. The molecule has 1 aromatic rings. The Hall–Kier alpha value is -0.910. The second-order valence-electron chi connectivity index (χ2n) is 7.71. The monoisotopic (exact) mass is 348 g/mol. The Morgan fingerprint density at radius 1 is 1.25 bits per heavy atom. The average molecular weight is 349 g/mol. The molecule has 24 heavy (non-hydrogen) atoms. The summed E-state index contributed by atoms with van der Waals surface area (Å²) >= 11 is 1.84. The number of rotatable bonds is 4. The maximum absolute atomic E-state index is 12.4. The molecule has 0 bridgehead atoms. The quantitative estimate of drug-likeness (QED) is 0.838. The molecule has 4 rings (SSSR count). The number of nitrogens with zero attached hydrogens (tertiary/aromatic N) is 2. The van der Waals surface area contributed by atoms with Gasteiger partial charge in [-0.1, -0.05) is 6.07 Å². The zero-order chi connectivity index (χ0) is 16.4. The van der Waals surface area contributed by atoms with E-state index in [2.05, 4.69) is 27.3 Å². The van der Waals surface area contributed by atoms with Crippen molar-refractivity contribution in [3.8, 4) is 0 Å². The van der Waals surface area contributed by atoms with Crippen LogP contribution < -0.4 is 0 Å². The standard InChI is InChI=1S/C19H28N2O2S/c22-18(21-7-1-2-8-21)12-16-13-19(23-15-16)5-9-20(10-6-19)14-17-4-3-11-24-17/h3-4,11,16H,1-2,5-10,12-15H2. The van der Waals surface area contributed by atoms with Crippen LogP contribution >= 0.6 is 11.3 Å². The fourth-order valence-electron chi connectivity index (χ4n) is 4.50. The second-order valence-corrected chi connectivity index (χ2v) is 8.74. The predicted molar refractivity (Wildman–Crippen MR) is 96.1 cm³/mol. The summed E-state index contributed by atoms with van der Waals surface area (Å²) in [5.41, 5.74) is 0.0574. The summed E-state index contributed by atoms with van der Waals surface area (Å²) in [6.45, 7) is 6.02. The molecule has 0 saturated carbocycles. The molecule has 1 aromatic heterocycles. The van der Waals surface area contributed by atoms with Crippen molar-refractivity contribution in [3.05, 3.63) is 22.4 Å². The van der Waals surface area contributed by atoms with Gasteiger partial charge in [0.15, 0.2) is 0 Å². The molecular weight excluding hydrogens is 320 g/mol. The molecule has 5 heteroatoms. The van der Waals surface area contributed by atoms with E-state index in [0.717, 1.165) is 58.6 Å². The molecule has 3 aliphatic heterocycles. The molecule has 1 spiro atoms. The summed E-state index contributed by atoms with van der Waals surface area (Å²) in [4.78, 5) is 18.4. The Morgan fingerprint density at radius 2 is 2.04 bits per heavy atom. The molecule has 1 unspecified atom stereocenters. The number of likely N-dealkylation sites (tertiary alicyclic amines) is 2. The number of thiophene rings is 1. The van der Waals surface area contributed by atoms with E-state index >= 15 is 0 Å². The third-order valence-electron chi connectivity index (χ3n) is 5.93. The van der Waals surface area contributed by atoms with E-state index in [1.165, 1.54) is 17.7 Å². The highest BCUT2D eigenvalue weighted by Gasteiger charge is 2.43. The number of hydrogen-bond donors (Lipinski definition) is 0. The first-order chi connectivity index (χ1) is 11.7. The fraction of sp³-hybridized carbons (Fsp3) is 0.737. The number of carbonyl (C=O) groups excluding carboxylic acids is 1. The lowest BCUT2D eigenvalue weighted by atomic mass is 9.84. The number of piperidine rings is 1. The van der Waals surface area contributed by atoms with Crippen LogP contribution in [0.15, 0.2) is 17.5 Å². The lowest BCUT2D eigenvalue weighted by Crippen LogP contribution is -2.43. The van der Waals surface area contributed by atoms with Crippen molar-refractivity contribution in [2.45, 2.75) is 50.7 Å². The highest BCUT2D eigenvalue weighted by molar-refractivity contribution is 7.09. The van der Waals surface area contributed by atoms with Gasteiger partial charge in [0.1, 0.15) is 0 Å². The van der Waals surface area contributed by atoms with Gasteiger partial charge in [-0.15, -0.1) is 11.3 Å². The van der Waals surface area contributed by atoms with Crippen LogP contribution in [0.3, 0.4) is 0 Å². The molecule has 3 saturated heterocycles. The molecule has 0 aliphatic carbocycles. The Bertz CT molecular complexity index is 546. The molecule has 0 N–H and O–H groups in total. The maximum atomic E-state index is 12.4. The van der Waals surface area contributed by atoms with Gasteiger partial charge in [0.05, 0.1) is 12.2 Å². The van der Waals surface area contributed by atoms with E-state index in [0.29, 0.717) is 18.2 Å². The Kier molecular flexibility index (Phi) is 4.93. The SMILES string of the molecule is O=C(CC1COC2(CCN(Cc3cccs3)CC2)C1)N1CCCC1. The van der Waals surface area contributed by atoms with Crippen molar-refractivity contribution >= 4 is 17.2 Å². The van der Waals surface area contributed by atoms with E-state index in [1.807, 2.05) is 11.3 Å². The summed E-state index contributed by atoms with van der Waals surface area (Å²) in [5, 5.41) is 2.16. The van der Waals surface area contributed by atoms with E-state index in [1.54, 1.807) is 0 Å². The van der Waals surface area contributed by atoms with E-state index in [4.69, 9.17) is 4.74 Å². The lowest BCUT2D eigenvalue weighted by molar-refractivity contribution is -0.131. The number of ether oxygens (including phenoxy) is 1. The zero-order valence-corrected chi connectivity index (χ0v) is 15.2. The molecule has 0 aromatic carbocycles. The smallest absolute Gasteiger partial charge is 0.222 e. The van der Waals surface area contributed by atoms with Crippen LogP contribution in [0.1, 0.15) is 43.4 Å². The molecule has 3 fully saturated rings. The Morgan fingerprint density at radius 3 is 2.75 bits per heavy atom. The summed E-state index contributed by atoms with van der Waals surface area (Å²) < 4.78 is 6.25. The van der Waals surface area contributed by atoms with Crippen LogP contribution in [0.5, 0.6) is 0 Å². The van der Waals surface area contributed by atoms with Crippen LogP contribution in [0.2, 0.25) is 0 Å². The summed E-state index contributed by atoms with van der Waals surface area (Å²) in [7, 11) is 0. The van der Waals surface area contributed by atoms with Crippen molar-refractivity contribution in [3.63, 3.8) is 0 Å². The molecule has 1 amide bonds. The fourth-order valence-corrected chi connectivity index (χ4v) is 5.25. The highest BCUT2D eigenvalue weighted by Crippen LogP contribution is 2.40. The second kappa shape index (κ2) is 7.14. The molecule has 1 atom stereocenters. The van der Waals surface area contributed by atoms with Gasteiger partial charge >= 0.3 is 0 Å². The van der Waals surface area contributed by atoms with Gasteiger partial charge in [-0.2, -0.15) is 0 Å². The predicted octanol–water partition coefficient (Wildman–Crippen LogP) is 3.13. The van der Waals surface area contributed by atoms with E-state index < -0.39 is 0 Å². The van der Waals surface area contributed by atoms with Gasteiger partial charge in [-0.25, -0.2) is 0 Å². The van der Waals surface area contributed by atoms with Gasteiger partial charge in [-0.3, -0.25) is 9.69 Å². The molecule has 3 aliphatic rings. The largest absolute Gasteiger partial charge is 0.375 e. The molecule has 4 nitrogen and oxygen atoms in total. The Labute approximate surface area is 148 Å². The number of hydrogen-bond acceptors (Lipinski definition) is 4. The first kappa shape index (κ1) is 16.6. The maximum Gasteiger partial charge on any atom is 0.222 e. The average Bonchev–Trinajstić information content (AvgIpc) is 3.33. The van der Waals surface area contributed by atoms with E-state index in [9.17, 15) is 4.79 Å². The summed E-state index contributed by atoms with van der Waals surface area (Å²) in [5.74, 6) is 0.787. The normalized spacial score (nSPS) is 27.2. The van der Waals surface area contributed by atoms with Crippen LogP contribution in [0.25, 0.3) is 0 Å². The summed E-state index contributed by atoms with van der Waals surface area (Å²) in [6.07, 6.45) is 6.37. The van der Waals surface area contributed by atoms with Gasteiger partial charge in [-0.05, 0) is 49.5 Å². The molecule has 132 valence electrons. The zero-order valence-electron chi connectivity index (χ0n) is 14.4. The van der Waals surface area contributed by atoms with Crippen LogP contribution in [0, 0.1) is 5.92 Å². The number of amides is 1. The number of carbonyl (C=O) groups is 1. The van der Waals surface area contributed by atoms with Crippen molar-refractivity contribution in [1.82, 2.24) is 9.80 Å². The first-order valence-corrected chi connectivity index (χ1v) is 10.3. The lowest BCUT2D eigenvalue weighted by Gasteiger charge is -2.38. The van der Waals surface area contributed by atoms with Gasteiger partial charge in [0, 0.05) is 44.0 Å². The minimum Gasteiger partial charge on any atom is -0.375 e. The van der Waals surface area contributed by atoms with Crippen LogP contribution in [0.4, 0.5) is 0 Å². The van der Waals surface area contributed by atoms with Crippen molar-refractivity contribution in [2.24, 2.45) is 5.92 Å². The highest BCUT2D eigenvalue weighted by atomic mass is 32.1. The van der Waals surface area contributed by atoms with E-state index in [-0.39, 0.29) is 5.60 Å². The molecule has 4 heterocycles. The van der Waals surface area contributed by atoms with Crippen molar-refractivity contribution in [2.75, 3.05) is 32.8 Å². The molecule has 0 radical (unpaired) electrons. The summed E-state index contributed by atoms with van der Waals surface area (Å²) in [6, 6.07) is 4.36. The van der Waals surface area contributed by atoms with Crippen molar-refractivity contribution in [1.29, 1.82) is 0 Å². The Balaban J connectivity index is 1.25. The third kappa shape index (κ3) is 3.68. The third-order valence-corrected chi connectivity index (χ3v) is 6.80.